The van der Waals surface area contributed by atoms with Gasteiger partial charge in [-0.1, -0.05) is 48.5 Å². The number of hydrogen-bond acceptors (Lipinski definition) is 3. The molecule has 0 atom stereocenters. The van der Waals surface area contributed by atoms with Crippen LogP contribution in [-0.4, -0.2) is 14.5 Å². The molecule has 0 saturated heterocycles. The standard InChI is InChI=1S/C26H15N3O/c1-3-11-19-16(8-1)23-18-10-7-13-21-24(18)25(17-9-2-4-12-20(17)30-21)28-26(23)29(19)22-14-5-6-15-27-22/h1-15H. The van der Waals surface area contributed by atoms with Crippen molar-refractivity contribution in [3.05, 3.63) is 91.1 Å². The lowest BCUT2D eigenvalue weighted by atomic mass is 9.97. The van der Waals surface area contributed by atoms with Crippen LogP contribution in [0.5, 0.6) is 11.5 Å². The van der Waals surface area contributed by atoms with E-state index in [9.17, 15) is 0 Å². The number of nitrogens with zero attached hydrogens (tertiary/aromatic N) is 3. The molecule has 0 amide bonds. The smallest absolute Gasteiger partial charge is 0.148 e. The quantitative estimate of drug-likeness (QED) is 0.324. The third-order valence-corrected chi connectivity index (χ3v) is 5.84. The molecule has 6 aromatic rings. The number of fused-ring (bicyclic) bond motifs is 6. The van der Waals surface area contributed by atoms with E-state index in [4.69, 9.17) is 9.72 Å². The van der Waals surface area contributed by atoms with E-state index in [1.54, 1.807) is 0 Å². The van der Waals surface area contributed by atoms with Gasteiger partial charge in [-0.15, -0.1) is 0 Å². The molecular weight excluding hydrogens is 370 g/mol. The molecule has 1 aliphatic heterocycles. The molecule has 1 aliphatic rings. The molecule has 0 bridgehead atoms. The van der Waals surface area contributed by atoms with Gasteiger partial charge in [0, 0.05) is 22.5 Å². The highest BCUT2D eigenvalue weighted by Gasteiger charge is 2.25. The second kappa shape index (κ2) is 5.67. The van der Waals surface area contributed by atoms with Crippen LogP contribution >= 0.6 is 0 Å². The zero-order valence-corrected chi connectivity index (χ0v) is 15.9. The molecule has 4 nitrogen and oxygen atoms in total. The SMILES string of the molecule is c1ccc(-n2c3ccccc3c3c4cccc5c4c(nc32)-c2ccccc2O5)nc1. The van der Waals surface area contributed by atoms with Gasteiger partial charge in [0.25, 0.3) is 0 Å². The minimum Gasteiger partial charge on any atom is -0.456 e. The van der Waals surface area contributed by atoms with Crippen molar-refractivity contribution in [2.45, 2.75) is 0 Å². The van der Waals surface area contributed by atoms with Crippen molar-refractivity contribution in [2.24, 2.45) is 0 Å². The fraction of sp³-hybridized carbons (Fsp3) is 0. The predicted molar refractivity (Wildman–Crippen MR) is 119 cm³/mol. The number of aromatic nitrogens is 3. The van der Waals surface area contributed by atoms with Crippen molar-refractivity contribution in [1.29, 1.82) is 0 Å². The van der Waals surface area contributed by atoms with Gasteiger partial charge in [0.15, 0.2) is 0 Å². The Morgan fingerprint density at radius 2 is 1.47 bits per heavy atom. The maximum absolute atomic E-state index is 6.24. The van der Waals surface area contributed by atoms with Crippen molar-refractivity contribution in [2.75, 3.05) is 0 Å². The van der Waals surface area contributed by atoms with Crippen LogP contribution in [0.1, 0.15) is 0 Å². The van der Waals surface area contributed by atoms with Gasteiger partial charge in [-0.25, -0.2) is 9.97 Å². The Labute approximate surface area is 172 Å². The zero-order chi connectivity index (χ0) is 19.7. The second-order valence-corrected chi connectivity index (χ2v) is 7.48. The normalized spacial score (nSPS) is 12.3. The van der Waals surface area contributed by atoms with E-state index in [1.165, 1.54) is 0 Å². The number of benzene rings is 3. The van der Waals surface area contributed by atoms with E-state index in [0.717, 1.165) is 61.3 Å². The minimum atomic E-state index is 0.838. The number of pyridine rings is 2. The van der Waals surface area contributed by atoms with E-state index in [-0.39, 0.29) is 0 Å². The molecule has 0 N–H and O–H groups in total. The van der Waals surface area contributed by atoms with Crippen LogP contribution in [0.4, 0.5) is 0 Å². The van der Waals surface area contributed by atoms with Crippen LogP contribution < -0.4 is 4.74 Å². The average Bonchev–Trinajstić information content (AvgIpc) is 3.14. The summed E-state index contributed by atoms with van der Waals surface area (Å²) in [6, 6.07) is 28.7. The molecule has 4 heteroatoms. The fourth-order valence-electron chi connectivity index (χ4n) is 4.61. The zero-order valence-electron chi connectivity index (χ0n) is 15.9. The molecule has 30 heavy (non-hydrogen) atoms. The molecule has 0 saturated carbocycles. The van der Waals surface area contributed by atoms with Crippen molar-refractivity contribution < 1.29 is 4.74 Å². The Hall–Kier alpha value is -4.18. The molecular formula is C26H15N3O. The van der Waals surface area contributed by atoms with Crippen molar-refractivity contribution in [3.8, 4) is 28.6 Å². The Kier molecular flexibility index (Phi) is 2.97. The summed E-state index contributed by atoms with van der Waals surface area (Å²) in [5, 5.41) is 4.49. The monoisotopic (exact) mass is 385 g/mol. The Bertz CT molecular complexity index is 1620. The fourth-order valence-corrected chi connectivity index (χ4v) is 4.61. The van der Waals surface area contributed by atoms with Gasteiger partial charge >= 0.3 is 0 Å². The van der Waals surface area contributed by atoms with E-state index in [1.807, 2.05) is 48.7 Å². The Balaban J connectivity index is 1.76. The summed E-state index contributed by atoms with van der Waals surface area (Å²) in [7, 11) is 0. The summed E-state index contributed by atoms with van der Waals surface area (Å²) >= 11 is 0. The highest BCUT2D eigenvalue weighted by atomic mass is 16.5. The summed E-state index contributed by atoms with van der Waals surface area (Å²) in [4.78, 5) is 9.86. The van der Waals surface area contributed by atoms with Crippen molar-refractivity contribution >= 4 is 32.7 Å². The van der Waals surface area contributed by atoms with Gasteiger partial charge in [0.2, 0.25) is 0 Å². The number of rotatable bonds is 1. The third-order valence-electron chi connectivity index (χ3n) is 5.84. The number of hydrogen-bond donors (Lipinski definition) is 0. The molecule has 0 spiro atoms. The topological polar surface area (TPSA) is 39.9 Å². The lowest BCUT2D eigenvalue weighted by Crippen LogP contribution is -2.02. The first-order chi connectivity index (χ1) is 14.9. The summed E-state index contributed by atoms with van der Waals surface area (Å²) in [6.45, 7) is 0. The van der Waals surface area contributed by atoms with Crippen LogP contribution in [-0.2, 0) is 0 Å². The van der Waals surface area contributed by atoms with Gasteiger partial charge in [-0.05, 0) is 41.8 Å². The first-order valence-corrected chi connectivity index (χ1v) is 9.95. The first kappa shape index (κ1) is 15.7. The van der Waals surface area contributed by atoms with Crippen LogP contribution in [0.15, 0.2) is 91.1 Å². The predicted octanol–water partition coefficient (Wildman–Crippen LogP) is 6.50. The van der Waals surface area contributed by atoms with E-state index in [2.05, 4.69) is 52.0 Å². The van der Waals surface area contributed by atoms with E-state index in [0.29, 0.717) is 0 Å². The summed E-state index contributed by atoms with van der Waals surface area (Å²) in [5.41, 5.74) is 3.97. The van der Waals surface area contributed by atoms with Gasteiger partial charge in [-0.2, -0.15) is 0 Å². The highest BCUT2D eigenvalue weighted by Crippen LogP contribution is 2.48. The van der Waals surface area contributed by atoms with Gasteiger partial charge in [-0.3, -0.25) is 4.57 Å². The molecule has 3 aromatic carbocycles. The molecule has 4 heterocycles. The molecule has 0 radical (unpaired) electrons. The molecule has 140 valence electrons. The van der Waals surface area contributed by atoms with Crippen molar-refractivity contribution in [1.82, 2.24) is 14.5 Å². The molecule has 0 fully saturated rings. The van der Waals surface area contributed by atoms with E-state index >= 15 is 0 Å². The highest BCUT2D eigenvalue weighted by molar-refractivity contribution is 6.23. The maximum atomic E-state index is 6.24. The first-order valence-electron chi connectivity index (χ1n) is 9.95. The maximum Gasteiger partial charge on any atom is 0.148 e. The van der Waals surface area contributed by atoms with Crippen LogP contribution in [0.25, 0.3) is 49.8 Å². The Morgan fingerprint density at radius 1 is 0.667 bits per heavy atom. The molecule has 0 unspecified atom stereocenters. The minimum absolute atomic E-state index is 0.838. The van der Waals surface area contributed by atoms with E-state index < -0.39 is 0 Å². The van der Waals surface area contributed by atoms with Crippen LogP contribution in [0.2, 0.25) is 0 Å². The lowest BCUT2D eigenvalue weighted by Gasteiger charge is -2.21. The Morgan fingerprint density at radius 3 is 2.40 bits per heavy atom. The van der Waals surface area contributed by atoms with Crippen LogP contribution in [0.3, 0.4) is 0 Å². The number of para-hydroxylation sites is 2. The van der Waals surface area contributed by atoms with Gasteiger partial charge < -0.3 is 4.74 Å². The van der Waals surface area contributed by atoms with Crippen molar-refractivity contribution in [3.63, 3.8) is 0 Å². The summed E-state index contributed by atoms with van der Waals surface area (Å²) in [5.74, 6) is 2.55. The average molecular weight is 385 g/mol. The van der Waals surface area contributed by atoms with Gasteiger partial charge in [0.05, 0.1) is 16.6 Å². The summed E-state index contributed by atoms with van der Waals surface area (Å²) < 4.78 is 8.40. The largest absolute Gasteiger partial charge is 0.456 e. The van der Waals surface area contributed by atoms with Crippen LogP contribution in [0, 0.1) is 0 Å². The molecule has 7 rings (SSSR count). The second-order valence-electron chi connectivity index (χ2n) is 7.48. The lowest BCUT2D eigenvalue weighted by molar-refractivity contribution is 0.486. The summed E-state index contributed by atoms with van der Waals surface area (Å²) in [6.07, 6.45) is 1.82. The number of ether oxygens (including phenoxy) is 1. The third kappa shape index (κ3) is 1.95. The molecule has 3 aromatic heterocycles. The molecule has 0 aliphatic carbocycles. The van der Waals surface area contributed by atoms with Gasteiger partial charge in [0.1, 0.15) is 23.0 Å².